The van der Waals surface area contributed by atoms with Gasteiger partial charge in [0.2, 0.25) is 0 Å². The molecule has 0 amide bonds. The molecule has 0 spiro atoms. The summed E-state index contributed by atoms with van der Waals surface area (Å²) in [6, 6.07) is 5.63. The van der Waals surface area contributed by atoms with Gasteiger partial charge >= 0.3 is 0 Å². The van der Waals surface area contributed by atoms with Gasteiger partial charge in [-0.1, -0.05) is 26.7 Å². The second-order valence-electron chi connectivity index (χ2n) is 6.47. The van der Waals surface area contributed by atoms with Crippen LogP contribution in [0, 0.1) is 5.92 Å². The Kier molecular flexibility index (Phi) is 6.09. The SMILES string of the molecule is CC(C)CN(C1CCCC1)C(c1ccc(Br)s1)C(C)N. The second-order valence-corrected chi connectivity index (χ2v) is 8.97. The van der Waals surface area contributed by atoms with Crippen LogP contribution in [0.25, 0.3) is 0 Å². The number of hydrogen-bond donors (Lipinski definition) is 1. The molecule has 2 atom stereocenters. The first kappa shape index (κ1) is 16.5. The maximum atomic E-state index is 6.37. The topological polar surface area (TPSA) is 29.3 Å². The standard InChI is InChI=1S/C16H27BrN2S/c1-11(2)10-19(13-6-4-5-7-13)16(12(3)18)14-8-9-15(17)20-14/h8-9,11-13,16H,4-7,10,18H2,1-3H3. The Morgan fingerprint density at radius 2 is 1.95 bits per heavy atom. The van der Waals surface area contributed by atoms with Crippen LogP contribution in [0.3, 0.4) is 0 Å². The molecule has 114 valence electrons. The zero-order valence-electron chi connectivity index (χ0n) is 12.8. The highest BCUT2D eigenvalue weighted by atomic mass is 79.9. The Bertz CT molecular complexity index is 410. The number of nitrogens with zero attached hydrogens (tertiary/aromatic N) is 1. The highest BCUT2D eigenvalue weighted by Gasteiger charge is 2.32. The van der Waals surface area contributed by atoms with Crippen molar-refractivity contribution < 1.29 is 0 Å². The van der Waals surface area contributed by atoms with Crippen molar-refractivity contribution in [3.8, 4) is 0 Å². The smallest absolute Gasteiger partial charge is 0.0702 e. The summed E-state index contributed by atoms with van der Waals surface area (Å²) in [6.45, 7) is 7.92. The summed E-state index contributed by atoms with van der Waals surface area (Å²) in [4.78, 5) is 4.10. The summed E-state index contributed by atoms with van der Waals surface area (Å²) < 4.78 is 1.20. The molecule has 2 N–H and O–H groups in total. The summed E-state index contributed by atoms with van der Waals surface area (Å²) in [5, 5.41) is 0. The summed E-state index contributed by atoms with van der Waals surface area (Å²) in [6.07, 6.45) is 5.42. The Morgan fingerprint density at radius 3 is 2.40 bits per heavy atom. The molecule has 2 unspecified atom stereocenters. The van der Waals surface area contributed by atoms with Crippen molar-refractivity contribution in [3.05, 3.63) is 20.8 Å². The van der Waals surface area contributed by atoms with Crippen molar-refractivity contribution in [1.82, 2.24) is 4.90 Å². The third kappa shape index (κ3) is 4.06. The van der Waals surface area contributed by atoms with Gasteiger partial charge in [-0.25, -0.2) is 0 Å². The van der Waals surface area contributed by atoms with Crippen LogP contribution in [0.4, 0.5) is 0 Å². The van der Waals surface area contributed by atoms with Crippen LogP contribution in [0.15, 0.2) is 15.9 Å². The first-order valence-electron chi connectivity index (χ1n) is 7.75. The van der Waals surface area contributed by atoms with E-state index in [0.29, 0.717) is 18.0 Å². The van der Waals surface area contributed by atoms with Crippen molar-refractivity contribution in [2.45, 2.75) is 64.6 Å². The minimum absolute atomic E-state index is 0.167. The summed E-state index contributed by atoms with van der Waals surface area (Å²) in [7, 11) is 0. The molecule has 1 aromatic heterocycles. The van der Waals surface area contributed by atoms with Gasteiger partial charge in [0, 0.05) is 23.5 Å². The van der Waals surface area contributed by atoms with E-state index in [-0.39, 0.29) is 6.04 Å². The number of hydrogen-bond acceptors (Lipinski definition) is 3. The first-order valence-corrected chi connectivity index (χ1v) is 9.36. The zero-order chi connectivity index (χ0) is 14.7. The molecule has 0 saturated heterocycles. The lowest BCUT2D eigenvalue weighted by Gasteiger charge is -2.39. The van der Waals surface area contributed by atoms with Crippen LogP contribution < -0.4 is 5.73 Å². The molecule has 1 heterocycles. The summed E-state index contributed by atoms with van der Waals surface area (Å²) >= 11 is 5.43. The molecule has 0 bridgehead atoms. The average molecular weight is 359 g/mol. The normalized spacial score (nSPS) is 19.9. The molecule has 1 aliphatic rings. The highest BCUT2D eigenvalue weighted by Crippen LogP contribution is 2.37. The molecule has 2 nitrogen and oxygen atoms in total. The molecule has 0 radical (unpaired) electrons. The zero-order valence-corrected chi connectivity index (χ0v) is 15.2. The molecule has 2 rings (SSSR count). The molecule has 1 aliphatic carbocycles. The van der Waals surface area contributed by atoms with Gasteiger partial charge in [-0.2, -0.15) is 0 Å². The lowest BCUT2D eigenvalue weighted by atomic mass is 10.0. The van der Waals surface area contributed by atoms with Gasteiger partial charge in [0.15, 0.2) is 0 Å². The van der Waals surface area contributed by atoms with E-state index in [1.807, 2.05) is 11.3 Å². The molecule has 1 saturated carbocycles. The molecular weight excluding hydrogens is 332 g/mol. The summed E-state index contributed by atoms with van der Waals surface area (Å²) in [5.74, 6) is 0.681. The maximum Gasteiger partial charge on any atom is 0.0702 e. The van der Waals surface area contributed by atoms with E-state index in [1.165, 1.54) is 34.3 Å². The average Bonchev–Trinajstić information content (AvgIpc) is 2.98. The summed E-state index contributed by atoms with van der Waals surface area (Å²) in [5.41, 5.74) is 6.37. The van der Waals surface area contributed by atoms with Crippen LogP contribution >= 0.6 is 27.3 Å². The fourth-order valence-electron chi connectivity index (χ4n) is 3.36. The minimum Gasteiger partial charge on any atom is -0.326 e. The van der Waals surface area contributed by atoms with Gasteiger partial charge in [0.25, 0.3) is 0 Å². The van der Waals surface area contributed by atoms with Gasteiger partial charge in [-0.05, 0) is 53.7 Å². The van der Waals surface area contributed by atoms with Crippen molar-refractivity contribution in [1.29, 1.82) is 0 Å². The van der Waals surface area contributed by atoms with E-state index < -0.39 is 0 Å². The van der Waals surface area contributed by atoms with Gasteiger partial charge in [0.05, 0.1) is 9.83 Å². The van der Waals surface area contributed by atoms with E-state index in [2.05, 4.69) is 53.7 Å². The molecular formula is C16H27BrN2S. The first-order chi connectivity index (χ1) is 9.49. The largest absolute Gasteiger partial charge is 0.326 e. The predicted molar refractivity (Wildman–Crippen MR) is 92.2 cm³/mol. The Labute approximate surface area is 135 Å². The van der Waals surface area contributed by atoms with Crippen LogP contribution in [-0.2, 0) is 0 Å². The number of nitrogens with two attached hydrogens (primary N) is 1. The Hall–Kier alpha value is 0.1000. The van der Waals surface area contributed by atoms with Crippen molar-refractivity contribution >= 4 is 27.3 Å². The minimum atomic E-state index is 0.167. The van der Waals surface area contributed by atoms with Gasteiger partial charge in [-0.3, -0.25) is 4.90 Å². The Morgan fingerprint density at radius 1 is 1.30 bits per heavy atom. The van der Waals surface area contributed by atoms with E-state index in [0.717, 1.165) is 6.54 Å². The number of thiophene rings is 1. The van der Waals surface area contributed by atoms with Crippen molar-refractivity contribution in [2.75, 3.05) is 6.54 Å². The Balaban J connectivity index is 2.25. The molecule has 1 fully saturated rings. The van der Waals surface area contributed by atoms with E-state index in [4.69, 9.17) is 5.73 Å². The third-order valence-corrected chi connectivity index (χ3v) is 5.80. The van der Waals surface area contributed by atoms with Crippen LogP contribution in [0.5, 0.6) is 0 Å². The van der Waals surface area contributed by atoms with E-state index in [9.17, 15) is 0 Å². The number of halogens is 1. The van der Waals surface area contributed by atoms with Crippen LogP contribution in [-0.4, -0.2) is 23.5 Å². The highest BCUT2D eigenvalue weighted by molar-refractivity contribution is 9.11. The van der Waals surface area contributed by atoms with Crippen molar-refractivity contribution in [3.63, 3.8) is 0 Å². The third-order valence-electron chi connectivity index (χ3n) is 4.11. The van der Waals surface area contributed by atoms with Crippen LogP contribution in [0.1, 0.15) is 57.4 Å². The fraction of sp³-hybridized carbons (Fsp3) is 0.750. The molecule has 0 aliphatic heterocycles. The quantitative estimate of drug-likeness (QED) is 0.791. The molecule has 20 heavy (non-hydrogen) atoms. The maximum absolute atomic E-state index is 6.37. The number of rotatable bonds is 6. The molecule has 1 aromatic rings. The molecule has 4 heteroatoms. The monoisotopic (exact) mass is 358 g/mol. The molecule has 0 aromatic carbocycles. The van der Waals surface area contributed by atoms with Gasteiger partial charge in [-0.15, -0.1) is 11.3 Å². The van der Waals surface area contributed by atoms with Crippen molar-refractivity contribution in [2.24, 2.45) is 11.7 Å². The van der Waals surface area contributed by atoms with Gasteiger partial charge < -0.3 is 5.73 Å². The van der Waals surface area contributed by atoms with Crippen LogP contribution in [0.2, 0.25) is 0 Å². The lowest BCUT2D eigenvalue weighted by Crippen LogP contribution is -2.45. The van der Waals surface area contributed by atoms with E-state index >= 15 is 0 Å². The fourth-order valence-corrected chi connectivity index (χ4v) is 5.02. The lowest BCUT2D eigenvalue weighted by molar-refractivity contribution is 0.106. The van der Waals surface area contributed by atoms with Gasteiger partial charge in [0.1, 0.15) is 0 Å². The predicted octanol–water partition coefficient (Wildman–Crippen LogP) is 4.80. The van der Waals surface area contributed by atoms with E-state index in [1.54, 1.807) is 0 Å². The second kappa shape index (κ2) is 7.39.